The molecule has 0 aliphatic heterocycles. The van der Waals surface area contributed by atoms with Crippen LogP contribution < -0.4 is 11.3 Å². The third kappa shape index (κ3) is 1.81. The van der Waals surface area contributed by atoms with Gasteiger partial charge < -0.3 is 5.73 Å². The van der Waals surface area contributed by atoms with Gasteiger partial charge >= 0.3 is 0 Å². The fraction of sp³-hybridized carbons (Fsp3) is 0.111. The molecule has 0 atom stereocenters. The summed E-state index contributed by atoms with van der Waals surface area (Å²) in [6, 6.07) is 1.83. The minimum atomic E-state index is -0.0567. The van der Waals surface area contributed by atoms with Crippen LogP contribution in [-0.4, -0.2) is 19.7 Å². The summed E-state index contributed by atoms with van der Waals surface area (Å²) in [4.78, 5) is 16.3. The van der Waals surface area contributed by atoms with Crippen molar-refractivity contribution in [2.24, 2.45) is 0 Å². The molecular weight excluding hydrogens is 258 g/mol. The molecule has 0 unspecified atom stereocenters. The van der Waals surface area contributed by atoms with Gasteiger partial charge in [0.1, 0.15) is 9.71 Å². The summed E-state index contributed by atoms with van der Waals surface area (Å²) < 4.78 is 2.17. The van der Waals surface area contributed by atoms with Gasteiger partial charge in [0.25, 0.3) is 5.56 Å². The zero-order valence-electron chi connectivity index (χ0n) is 8.53. The van der Waals surface area contributed by atoms with Crippen molar-refractivity contribution in [3.8, 4) is 0 Å². The van der Waals surface area contributed by atoms with Crippen LogP contribution in [0, 0.1) is 0 Å². The van der Waals surface area contributed by atoms with Gasteiger partial charge in [0.15, 0.2) is 0 Å². The van der Waals surface area contributed by atoms with Crippen LogP contribution in [-0.2, 0) is 6.54 Å². The van der Waals surface area contributed by atoms with Gasteiger partial charge in [-0.25, -0.2) is 4.98 Å². The quantitative estimate of drug-likeness (QED) is 0.745. The van der Waals surface area contributed by atoms with Crippen LogP contribution in [0.2, 0.25) is 0 Å². The lowest BCUT2D eigenvalue weighted by atomic mass is 10.4. The number of rotatable bonds is 2. The molecule has 17 heavy (non-hydrogen) atoms. The highest BCUT2D eigenvalue weighted by atomic mass is 32.1. The van der Waals surface area contributed by atoms with E-state index in [-0.39, 0.29) is 5.56 Å². The van der Waals surface area contributed by atoms with Crippen molar-refractivity contribution in [3.05, 3.63) is 33.1 Å². The first kappa shape index (κ1) is 10.4. The van der Waals surface area contributed by atoms with Crippen LogP contribution in [0.1, 0.15) is 5.01 Å². The van der Waals surface area contributed by atoms with Gasteiger partial charge in [-0.1, -0.05) is 11.3 Å². The molecule has 0 saturated heterocycles. The molecule has 0 fully saturated rings. The van der Waals surface area contributed by atoms with Crippen molar-refractivity contribution in [1.29, 1.82) is 0 Å². The highest BCUT2D eigenvalue weighted by Gasteiger charge is 2.08. The Hall–Kier alpha value is -1.80. The Morgan fingerprint density at radius 2 is 2.29 bits per heavy atom. The van der Waals surface area contributed by atoms with Gasteiger partial charge in [0, 0.05) is 0 Å². The molecule has 0 spiro atoms. The first-order valence-corrected chi connectivity index (χ1v) is 6.44. The topological polar surface area (TPSA) is 86.7 Å². The maximum absolute atomic E-state index is 12.1. The van der Waals surface area contributed by atoms with Gasteiger partial charge in [0.05, 0.1) is 18.4 Å². The number of hydrogen-bond donors (Lipinski definition) is 1. The number of nitrogens with two attached hydrogens (primary N) is 1. The average molecular weight is 265 g/mol. The number of hydrogen-bond acceptors (Lipinski definition) is 7. The maximum atomic E-state index is 12.1. The normalized spacial score (nSPS) is 11.1. The molecule has 0 amide bonds. The summed E-state index contributed by atoms with van der Waals surface area (Å²) in [6.07, 6.45) is 1.52. The third-order valence-corrected chi connectivity index (χ3v) is 3.85. The summed E-state index contributed by atoms with van der Waals surface area (Å²) in [5.74, 6) is 0. The first-order chi connectivity index (χ1) is 8.24. The number of thiophene rings is 1. The first-order valence-electron chi connectivity index (χ1n) is 4.74. The average Bonchev–Trinajstić information content (AvgIpc) is 2.92. The zero-order valence-corrected chi connectivity index (χ0v) is 10.2. The molecule has 0 radical (unpaired) electrons. The summed E-state index contributed by atoms with van der Waals surface area (Å²) in [7, 11) is 0. The van der Waals surface area contributed by atoms with Gasteiger partial charge in [-0.2, -0.15) is 0 Å². The molecule has 0 aliphatic rings. The SMILES string of the molecule is Nc1nnc(Cn2cnc3ccsc3c2=O)s1. The van der Waals surface area contributed by atoms with Gasteiger partial charge in [-0.15, -0.1) is 21.5 Å². The summed E-state index contributed by atoms with van der Waals surface area (Å²) in [6.45, 7) is 0.356. The minimum Gasteiger partial charge on any atom is -0.374 e. The Labute approximate surface area is 103 Å². The van der Waals surface area contributed by atoms with Crippen molar-refractivity contribution in [3.63, 3.8) is 0 Å². The molecule has 0 aromatic carbocycles. The summed E-state index contributed by atoms with van der Waals surface area (Å²) >= 11 is 2.66. The van der Waals surface area contributed by atoms with E-state index >= 15 is 0 Å². The van der Waals surface area contributed by atoms with Crippen molar-refractivity contribution < 1.29 is 0 Å². The number of fused-ring (bicyclic) bond motifs is 1. The second-order valence-electron chi connectivity index (χ2n) is 3.35. The molecule has 8 heteroatoms. The predicted octanol–water partition coefficient (Wildman–Crippen LogP) is 0.940. The molecular formula is C9H7N5OS2. The standard InChI is InChI=1S/C9H7N5OS2/c10-9-13-12-6(17-9)3-14-4-11-5-1-2-16-7(5)8(14)15/h1-2,4H,3H2,(H2,10,13). The van der Waals surface area contributed by atoms with Crippen LogP contribution in [0.3, 0.4) is 0 Å². The lowest BCUT2D eigenvalue weighted by molar-refractivity contribution is 0.735. The van der Waals surface area contributed by atoms with Crippen LogP contribution >= 0.6 is 22.7 Å². The summed E-state index contributed by atoms with van der Waals surface area (Å²) in [5, 5.41) is 10.5. The second kappa shape index (κ2) is 3.90. The molecule has 86 valence electrons. The monoisotopic (exact) mass is 265 g/mol. The Balaban J connectivity index is 2.06. The molecule has 0 bridgehead atoms. The van der Waals surface area contributed by atoms with Crippen LogP contribution in [0.15, 0.2) is 22.6 Å². The highest BCUT2D eigenvalue weighted by molar-refractivity contribution is 7.17. The molecule has 3 aromatic rings. The number of nitrogen functional groups attached to an aromatic ring is 1. The Bertz CT molecular complexity index is 728. The van der Waals surface area contributed by atoms with Crippen molar-refractivity contribution >= 4 is 38.0 Å². The molecule has 3 rings (SSSR count). The van der Waals surface area contributed by atoms with E-state index in [4.69, 9.17) is 5.73 Å². The molecule has 3 heterocycles. The fourth-order valence-electron chi connectivity index (χ4n) is 1.47. The smallest absolute Gasteiger partial charge is 0.271 e. The van der Waals surface area contributed by atoms with E-state index in [1.807, 2.05) is 11.4 Å². The van der Waals surface area contributed by atoms with Gasteiger partial charge in [0.2, 0.25) is 5.13 Å². The number of anilines is 1. The minimum absolute atomic E-state index is 0.0567. The molecule has 3 aromatic heterocycles. The predicted molar refractivity (Wildman–Crippen MR) is 67.3 cm³/mol. The lowest BCUT2D eigenvalue weighted by Crippen LogP contribution is -2.20. The Morgan fingerprint density at radius 3 is 3.06 bits per heavy atom. The Morgan fingerprint density at radius 1 is 1.41 bits per heavy atom. The van der Waals surface area contributed by atoms with Crippen molar-refractivity contribution in [2.45, 2.75) is 6.54 Å². The molecule has 2 N–H and O–H groups in total. The fourth-order valence-corrected chi connectivity index (χ4v) is 2.87. The van der Waals surface area contributed by atoms with E-state index < -0.39 is 0 Å². The van der Waals surface area contributed by atoms with E-state index in [0.717, 1.165) is 5.52 Å². The van der Waals surface area contributed by atoms with Crippen LogP contribution in [0.4, 0.5) is 5.13 Å². The van der Waals surface area contributed by atoms with E-state index in [0.29, 0.717) is 21.4 Å². The van der Waals surface area contributed by atoms with E-state index in [1.54, 1.807) is 0 Å². The zero-order chi connectivity index (χ0) is 11.8. The van der Waals surface area contributed by atoms with Gasteiger partial charge in [-0.05, 0) is 11.4 Å². The van der Waals surface area contributed by atoms with Crippen molar-refractivity contribution in [2.75, 3.05) is 5.73 Å². The van der Waals surface area contributed by atoms with Crippen molar-refractivity contribution in [1.82, 2.24) is 19.7 Å². The molecule has 0 saturated carbocycles. The largest absolute Gasteiger partial charge is 0.374 e. The van der Waals surface area contributed by atoms with E-state index in [2.05, 4.69) is 15.2 Å². The highest BCUT2D eigenvalue weighted by Crippen LogP contribution is 2.15. The number of nitrogens with zero attached hydrogens (tertiary/aromatic N) is 4. The lowest BCUT2D eigenvalue weighted by Gasteiger charge is -2.00. The maximum Gasteiger partial charge on any atom is 0.271 e. The summed E-state index contributed by atoms with van der Waals surface area (Å²) in [5.41, 5.74) is 6.16. The van der Waals surface area contributed by atoms with Gasteiger partial charge in [-0.3, -0.25) is 9.36 Å². The Kier molecular flexibility index (Phi) is 2.37. The van der Waals surface area contributed by atoms with E-state index in [9.17, 15) is 4.79 Å². The van der Waals surface area contributed by atoms with Crippen LogP contribution in [0.5, 0.6) is 0 Å². The molecule has 6 nitrogen and oxygen atoms in total. The number of aromatic nitrogens is 4. The third-order valence-electron chi connectivity index (χ3n) is 2.22. The second-order valence-corrected chi connectivity index (χ2v) is 5.36. The molecule has 0 aliphatic carbocycles. The van der Waals surface area contributed by atoms with Crippen LogP contribution in [0.25, 0.3) is 10.2 Å². The van der Waals surface area contributed by atoms with E-state index in [1.165, 1.54) is 33.6 Å².